The monoisotopic (exact) mass is 367 g/mol. The molecule has 0 spiro atoms. The summed E-state index contributed by atoms with van der Waals surface area (Å²) in [6.45, 7) is 4.72. The molecule has 0 bridgehead atoms. The number of hydrogen-bond acceptors (Lipinski definition) is 5. The van der Waals surface area contributed by atoms with Gasteiger partial charge in [-0.25, -0.2) is 0 Å². The number of nitrogens with zero attached hydrogens (tertiary/aromatic N) is 4. The van der Waals surface area contributed by atoms with Crippen LogP contribution in [0.4, 0.5) is 11.4 Å². The van der Waals surface area contributed by atoms with Gasteiger partial charge in [-0.15, -0.1) is 12.3 Å². The second-order valence-electron chi connectivity index (χ2n) is 6.97. The van der Waals surface area contributed by atoms with Crippen molar-refractivity contribution in [3.8, 4) is 12.3 Å². The first-order chi connectivity index (χ1) is 13.0. The Bertz CT molecular complexity index is 752. The number of anilines is 2. The molecule has 0 aliphatic carbocycles. The Morgan fingerprint density at radius 2 is 1.81 bits per heavy atom. The zero-order chi connectivity index (χ0) is 19.3. The lowest BCUT2D eigenvalue weighted by molar-refractivity contribution is -0.129. The first kappa shape index (κ1) is 18.9. The molecule has 1 saturated heterocycles. The summed E-state index contributed by atoms with van der Waals surface area (Å²) >= 11 is 0. The SMILES string of the molecule is C#CCCC1(CCC(=O)Nc2ccc(N3CCN(C(C)=O)CC3)cc2)N=N1. The van der Waals surface area contributed by atoms with E-state index < -0.39 is 5.66 Å². The van der Waals surface area contributed by atoms with Gasteiger partial charge in [0.2, 0.25) is 11.8 Å². The number of benzene rings is 1. The zero-order valence-electron chi connectivity index (χ0n) is 15.6. The molecule has 2 aliphatic heterocycles. The van der Waals surface area contributed by atoms with Crippen LogP contribution >= 0.6 is 0 Å². The van der Waals surface area contributed by atoms with Crippen molar-refractivity contribution in [2.75, 3.05) is 36.4 Å². The summed E-state index contributed by atoms with van der Waals surface area (Å²) in [5, 5.41) is 11.0. The summed E-state index contributed by atoms with van der Waals surface area (Å²) in [6.07, 6.45) is 7.57. The van der Waals surface area contributed by atoms with Gasteiger partial charge in [0.25, 0.3) is 0 Å². The van der Waals surface area contributed by atoms with Crippen molar-refractivity contribution < 1.29 is 9.59 Å². The number of nitrogens with one attached hydrogen (secondary N) is 1. The Balaban J connectivity index is 1.45. The molecule has 0 saturated carbocycles. The maximum absolute atomic E-state index is 12.2. The lowest BCUT2D eigenvalue weighted by Crippen LogP contribution is -2.48. The predicted octanol–water partition coefficient (Wildman–Crippen LogP) is 2.65. The van der Waals surface area contributed by atoms with Crippen molar-refractivity contribution in [3.05, 3.63) is 24.3 Å². The first-order valence-corrected chi connectivity index (χ1v) is 9.29. The second kappa shape index (κ2) is 8.21. The van der Waals surface area contributed by atoms with Crippen LogP contribution in [-0.4, -0.2) is 48.6 Å². The molecular weight excluding hydrogens is 342 g/mol. The maximum atomic E-state index is 12.2. The van der Waals surface area contributed by atoms with E-state index in [1.807, 2.05) is 29.2 Å². The quantitative estimate of drug-likeness (QED) is 0.753. The fourth-order valence-corrected chi connectivity index (χ4v) is 3.24. The van der Waals surface area contributed by atoms with Crippen molar-refractivity contribution in [2.24, 2.45) is 10.2 Å². The number of rotatable bonds is 7. The largest absolute Gasteiger partial charge is 0.368 e. The molecule has 142 valence electrons. The molecule has 2 amide bonds. The zero-order valence-corrected chi connectivity index (χ0v) is 15.6. The molecule has 2 aliphatic rings. The van der Waals surface area contributed by atoms with Gasteiger partial charge in [0, 0.05) is 70.2 Å². The fraction of sp³-hybridized carbons (Fsp3) is 0.500. The highest BCUT2D eigenvalue weighted by atomic mass is 16.2. The van der Waals surface area contributed by atoms with Crippen molar-refractivity contribution in [1.29, 1.82) is 0 Å². The molecule has 27 heavy (non-hydrogen) atoms. The van der Waals surface area contributed by atoms with E-state index in [0.717, 1.165) is 37.6 Å². The third kappa shape index (κ3) is 5.07. The fourth-order valence-electron chi connectivity index (χ4n) is 3.24. The van der Waals surface area contributed by atoms with Crippen molar-refractivity contribution in [3.63, 3.8) is 0 Å². The highest BCUT2D eigenvalue weighted by molar-refractivity contribution is 5.91. The van der Waals surface area contributed by atoms with E-state index >= 15 is 0 Å². The van der Waals surface area contributed by atoms with Gasteiger partial charge in [-0.05, 0) is 24.3 Å². The van der Waals surface area contributed by atoms with E-state index in [1.165, 1.54) is 0 Å². The van der Waals surface area contributed by atoms with Crippen LogP contribution in [0.3, 0.4) is 0 Å². The normalized spacial score (nSPS) is 17.3. The summed E-state index contributed by atoms with van der Waals surface area (Å²) < 4.78 is 0. The molecule has 7 nitrogen and oxygen atoms in total. The minimum Gasteiger partial charge on any atom is -0.368 e. The summed E-state index contributed by atoms with van der Waals surface area (Å²) in [4.78, 5) is 27.7. The Morgan fingerprint density at radius 3 is 2.37 bits per heavy atom. The van der Waals surface area contributed by atoms with Gasteiger partial charge in [0.15, 0.2) is 5.66 Å². The molecule has 0 radical (unpaired) electrons. The average molecular weight is 367 g/mol. The number of terminal acetylenes is 1. The maximum Gasteiger partial charge on any atom is 0.224 e. The summed E-state index contributed by atoms with van der Waals surface area (Å²) in [7, 11) is 0. The Labute approximate surface area is 159 Å². The lowest BCUT2D eigenvalue weighted by Gasteiger charge is -2.35. The molecule has 1 N–H and O–H groups in total. The van der Waals surface area contributed by atoms with Gasteiger partial charge in [-0.2, -0.15) is 10.2 Å². The highest BCUT2D eigenvalue weighted by Crippen LogP contribution is 2.37. The third-order valence-corrected chi connectivity index (χ3v) is 5.05. The smallest absolute Gasteiger partial charge is 0.224 e. The van der Waals surface area contributed by atoms with Crippen molar-refractivity contribution in [2.45, 2.75) is 38.3 Å². The number of carbonyl (C=O) groups is 2. The van der Waals surface area contributed by atoms with Crippen LogP contribution in [0.25, 0.3) is 0 Å². The minimum atomic E-state index is -0.421. The number of piperazine rings is 1. The van der Waals surface area contributed by atoms with E-state index in [4.69, 9.17) is 6.42 Å². The van der Waals surface area contributed by atoms with Crippen LogP contribution in [0.5, 0.6) is 0 Å². The molecule has 3 rings (SSSR count). The average Bonchev–Trinajstić information content (AvgIpc) is 3.46. The van der Waals surface area contributed by atoms with Crippen LogP contribution in [0.2, 0.25) is 0 Å². The van der Waals surface area contributed by atoms with Crippen LogP contribution in [-0.2, 0) is 9.59 Å². The van der Waals surface area contributed by atoms with Gasteiger partial charge < -0.3 is 15.1 Å². The standard InChI is InChI=1S/C20H25N5O2/c1-3-4-10-20(22-23-20)11-9-19(27)21-17-5-7-18(8-6-17)25-14-12-24(13-15-25)16(2)26/h1,5-8H,4,9-15H2,2H3,(H,21,27). The van der Waals surface area contributed by atoms with E-state index in [0.29, 0.717) is 25.7 Å². The number of amides is 2. The molecule has 7 heteroatoms. The summed E-state index contributed by atoms with van der Waals surface area (Å²) in [5.74, 6) is 2.67. The van der Waals surface area contributed by atoms with Gasteiger partial charge in [-0.1, -0.05) is 0 Å². The van der Waals surface area contributed by atoms with Crippen LogP contribution in [0, 0.1) is 12.3 Å². The Morgan fingerprint density at radius 1 is 1.15 bits per heavy atom. The molecular formula is C20H25N5O2. The van der Waals surface area contributed by atoms with E-state index in [9.17, 15) is 9.59 Å². The predicted molar refractivity (Wildman–Crippen MR) is 104 cm³/mol. The van der Waals surface area contributed by atoms with Crippen LogP contribution < -0.4 is 10.2 Å². The topological polar surface area (TPSA) is 77.4 Å². The molecule has 1 fully saturated rings. The molecule has 1 aromatic carbocycles. The van der Waals surface area contributed by atoms with E-state index in [1.54, 1.807) is 6.92 Å². The second-order valence-corrected chi connectivity index (χ2v) is 6.97. The van der Waals surface area contributed by atoms with Crippen molar-refractivity contribution in [1.82, 2.24) is 4.90 Å². The number of hydrogen-bond donors (Lipinski definition) is 1. The highest BCUT2D eigenvalue weighted by Gasteiger charge is 2.39. The minimum absolute atomic E-state index is 0.0461. The summed E-state index contributed by atoms with van der Waals surface area (Å²) in [5.41, 5.74) is 1.45. The van der Waals surface area contributed by atoms with Gasteiger partial charge >= 0.3 is 0 Å². The molecule has 2 heterocycles. The van der Waals surface area contributed by atoms with E-state index in [-0.39, 0.29) is 11.8 Å². The summed E-state index contributed by atoms with van der Waals surface area (Å²) in [6, 6.07) is 7.81. The van der Waals surface area contributed by atoms with Gasteiger partial charge in [0.1, 0.15) is 0 Å². The molecule has 0 aromatic heterocycles. The molecule has 0 unspecified atom stereocenters. The molecule has 0 atom stereocenters. The Hall–Kier alpha value is -2.88. The lowest BCUT2D eigenvalue weighted by atomic mass is 10.0. The van der Waals surface area contributed by atoms with Gasteiger partial charge in [0.05, 0.1) is 0 Å². The van der Waals surface area contributed by atoms with Crippen LogP contribution in [0.1, 0.15) is 32.6 Å². The number of carbonyl (C=O) groups excluding carboxylic acids is 2. The first-order valence-electron chi connectivity index (χ1n) is 9.29. The third-order valence-electron chi connectivity index (χ3n) is 5.05. The van der Waals surface area contributed by atoms with Crippen molar-refractivity contribution >= 4 is 23.2 Å². The van der Waals surface area contributed by atoms with Crippen LogP contribution in [0.15, 0.2) is 34.5 Å². The Kier molecular flexibility index (Phi) is 5.75. The molecule has 1 aromatic rings. The van der Waals surface area contributed by atoms with E-state index in [2.05, 4.69) is 26.4 Å². The van der Waals surface area contributed by atoms with Gasteiger partial charge in [-0.3, -0.25) is 9.59 Å².